The van der Waals surface area contributed by atoms with Crippen molar-refractivity contribution in [2.75, 3.05) is 7.11 Å². The van der Waals surface area contributed by atoms with Crippen LogP contribution in [-0.2, 0) is 4.74 Å². The largest absolute Gasteiger partial charge is 0.386 e. The van der Waals surface area contributed by atoms with E-state index in [9.17, 15) is 5.11 Å². The Balaban J connectivity index is 1.82. The maximum Gasteiger partial charge on any atom is 0.144 e. The molecule has 6 nitrogen and oxygen atoms in total. The quantitative estimate of drug-likeness (QED) is 0.808. The molecular weight excluding hydrogens is 304 g/mol. The minimum atomic E-state index is -0.581. The van der Waals surface area contributed by atoms with E-state index in [-0.39, 0.29) is 18.4 Å². The fourth-order valence-corrected chi connectivity index (χ4v) is 3.43. The molecule has 3 aliphatic rings. The molecule has 3 rings (SSSR count). The van der Waals surface area contributed by atoms with Gasteiger partial charge in [-0.15, -0.1) is 0 Å². The first-order chi connectivity index (χ1) is 11.6. The van der Waals surface area contributed by atoms with Crippen molar-refractivity contribution in [2.24, 2.45) is 15.9 Å². The van der Waals surface area contributed by atoms with E-state index >= 15 is 0 Å². The molecule has 0 bridgehead atoms. The SMILES string of the molecule is COC1CCC(C2=NC(CC(C)C)NN2C2CC=CC=N2)=CC1O. The van der Waals surface area contributed by atoms with E-state index in [1.54, 1.807) is 7.11 Å². The number of aliphatic hydroxyl groups is 1. The number of amidine groups is 1. The van der Waals surface area contributed by atoms with Crippen molar-refractivity contribution in [1.82, 2.24) is 10.4 Å². The van der Waals surface area contributed by atoms with Gasteiger partial charge in [-0.05, 0) is 42.9 Å². The van der Waals surface area contributed by atoms with Gasteiger partial charge >= 0.3 is 0 Å². The lowest BCUT2D eigenvalue weighted by Gasteiger charge is -2.32. The van der Waals surface area contributed by atoms with Crippen molar-refractivity contribution in [2.45, 2.75) is 64.1 Å². The molecule has 6 heteroatoms. The third-order valence-corrected chi connectivity index (χ3v) is 4.66. The van der Waals surface area contributed by atoms with Crippen LogP contribution in [0.1, 0.15) is 39.5 Å². The van der Waals surface area contributed by atoms with E-state index in [0.717, 1.165) is 37.1 Å². The number of methoxy groups -OCH3 is 1. The third kappa shape index (κ3) is 3.77. The molecule has 0 fully saturated rings. The molecule has 0 saturated carbocycles. The minimum Gasteiger partial charge on any atom is -0.386 e. The van der Waals surface area contributed by atoms with Crippen molar-refractivity contribution in [1.29, 1.82) is 0 Å². The number of aliphatic imine (C=N–C) groups is 2. The summed E-state index contributed by atoms with van der Waals surface area (Å²) < 4.78 is 5.33. The molecule has 24 heavy (non-hydrogen) atoms. The molecular formula is C18H28N4O2. The number of nitrogens with one attached hydrogen (secondary N) is 1. The highest BCUT2D eigenvalue weighted by Gasteiger charge is 2.34. The topological polar surface area (TPSA) is 69.5 Å². The van der Waals surface area contributed by atoms with E-state index in [0.29, 0.717) is 5.92 Å². The maximum absolute atomic E-state index is 10.3. The van der Waals surface area contributed by atoms with Crippen molar-refractivity contribution in [3.8, 4) is 0 Å². The Morgan fingerprint density at radius 1 is 1.46 bits per heavy atom. The summed E-state index contributed by atoms with van der Waals surface area (Å²) in [6.07, 6.45) is 10.7. The number of ether oxygens (including phenoxy) is 1. The van der Waals surface area contributed by atoms with Gasteiger partial charge in [-0.1, -0.05) is 19.9 Å². The van der Waals surface area contributed by atoms with Crippen LogP contribution >= 0.6 is 0 Å². The van der Waals surface area contributed by atoms with Gasteiger partial charge in [0.1, 0.15) is 18.2 Å². The van der Waals surface area contributed by atoms with Crippen LogP contribution in [0.5, 0.6) is 0 Å². The number of allylic oxidation sites excluding steroid dienone is 1. The first-order valence-electron chi connectivity index (χ1n) is 8.82. The van der Waals surface area contributed by atoms with Crippen LogP contribution in [0, 0.1) is 5.92 Å². The summed E-state index contributed by atoms with van der Waals surface area (Å²) in [5, 5.41) is 12.4. The van der Waals surface area contributed by atoms with Gasteiger partial charge in [0, 0.05) is 19.7 Å². The molecule has 4 unspecified atom stereocenters. The summed E-state index contributed by atoms with van der Waals surface area (Å²) >= 11 is 0. The molecule has 2 heterocycles. The highest BCUT2D eigenvalue weighted by molar-refractivity contribution is 5.99. The van der Waals surface area contributed by atoms with Crippen molar-refractivity contribution >= 4 is 12.1 Å². The zero-order valence-electron chi connectivity index (χ0n) is 14.7. The maximum atomic E-state index is 10.3. The number of hydrogen-bond donors (Lipinski definition) is 2. The van der Waals surface area contributed by atoms with Crippen LogP contribution in [0.15, 0.2) is 33.8 Å². The van der Waals surface area contributed by atoms with Gasteiger partial charge in [0.25, 0.3) is 0 Å². The van der Waals surface area contributed by atoms with Gasteiger partial charge in [-0.2, -0.15) is 0 Å². The normalized spacial score (nSPS) is 33.1. The molecule has 0 aromatic rings. The second-order valence-corrected chi connectivity index (χ2v) is 7.04. The molecule has 0 aromatic carbocycles. The fourth-order valence-electron chi connectivity index (χ4n) is 3.43. The highest BCUT2D eigenvalue weighted by Crippen LogP contribution is 2.27. The second-order valence-electron chi connectivity index (χ2n) is 7.04. The lowest BCUT2D eigenvalue weighted by atomic mass is 9.93. The summed E-state index contributed by atoms with van der Waals surface area (Å²) in [4.78, 5) is 9.48. The standard InChI is InChI=1S/C18H28N4O2/c1-12(2)10-16-20-18(13-7-8-15(24-3)14(23)11-13)22(21-16)17-6-4-5-9-19-17/h4-5,9,11-12,14-17,21,23H,6-8,10H2,1-3H3. The Morgan fingerprint density at radius 3 is 2.92 bits per heavy atom. The average Bonchev–Trinajstić information content (AvgIpc) is 2.98. The molecule has 132 valence electrons. The predicted octanol–water partition coefficient (Wildman–Crippen LogP) is 2.03. The third-order valence-electron chi connectivity index (χ3n) is 4.66. The van der Waals surface area contributed by atoms with E-state index in [4.69, 9.17) is 9.73 Å². The van der Waals surface area contributed by atoms with Gasteiger partial charge in [0.2, 0.25) is 0 Å². The lowest BCUT2D eigenvalue weighted by Crippen LogP contribution is -2.48. The number of rotatable bonds is 5. The first-order valence-corrected chi connectivity index (χ1v) is 8.82. The monoisotopic (exact) mass is 332 g/mol. The van der Waals surface area contributed by atoms with Crippen LogP contribution < -0.4 is 5.43 Å². The minimum absolute atomic E-state index is 0.0177. The number of hydrogen-bond acceptors (Lipinski definition) is 6. The summed E-state index contributed by atoms with van der Waals surface area (Å²) in [5.74, 6) is 1.48. The van der Waals surface area contributed by atoms with Crippen molar-refractivity contribution < 1.29 is 9.84 Å². The summed E-state index contributed by atoms with van der Waals surface area (Å²) in [6.45, 7) is 4.40. The molecule has 1 aliphatic carbocycles. The molecule has 0 saturated heterocycles. The predicted molar refractivity (Wildman–Crippen MR) is 95.8 cm³/mol. The molecule has 0 spiro atoms. The van der Waals surface area contributed by atoms with Gasteiger partial charge in [0.15, 0.2) is 0 Å². The Kier molecular flexibility index (Phi) is 5.48. The van der Waals surface area contributed by atoms with Crippen LogP contribution in [0.25, 0.3) is 0 Å². The van der Waals surface area contributed by atoms with Gasteiger partial charge < -0.3 is 9.84 Å². The van der Waals surface area contributed by atoms with Crippen LogP contribution in [0.4, 0.5) is 0 Å². The van der Waals surface area contributed by atoms with Crippen LogP contribution in [-0.4, -0.2) is 53.8 Å². The number of nitrogens with zero attached hydrogens (tertiary/aromatic N) is 3. The van der Waals surface area contributed by atoms with Crippen LogP contribution in [0.3, 0.4) is 0 Å². The molecule has 0 amide bonds. The Bertz CT molecular complexity index is 567. The zero-order chi connectivity index (χ0) is 17.1. The summed E-state index contributed by atoms with van der Waals surface area (Å²) in [6, 6.07) is 0. The molecule has 4 atom stereocenters. The van der Waals surface area contributed by atoms with Gasteiger partial charge in [0.05, 0.1) is 12.2 Å². The second kappa shape index (κ2) is 7.59. The van der Waals surface area contributed by atoms with E-state index in [1.807, 2.05) is 18.4 Å². The number of dihydropyridines is 1. The fraction of sp³-hybridized carbons (Fsp3) is 0.667. The summed E-state index contributed by atoms with van der Waals surface area (Å²) in [7, 11) is 1.65. The Labute approximate surface area is 144 Å². The highest BCUT2D eigenvalue weighted by atomic mass is 16.5. The average molecular weight is 332 g/mol. The van der Waals surface area contributed by atoms with Crippen LogP contribution in [0.2, 0.25) is 0 Å². The lowest BCUT2D eigenvalue weighted by molar-refractivity contribution is 0.00272. The van der Waals surface area contributed by atoms with Gasteiger partial charge in [-0.3, -0.25) is 10.0 Å². The zero-order valence-corrected chi connectivity index (χ0v) is 14.7. The first kappa shape index (κ1) is 17.3. The van der Waals surface area contributed by atoms with Crippen molar-refractivity contribution in [3.63, 3.8) is 0 Å². The number of hydrazine groups is 1. The molecule has 2 N–H and O–H groups in total. The van der Waals surface area contributed by atoms with Crippen molar-refractivity contribution in [3.05, 3.63) is 23.8 Å². The summed E-state index contributed by atoms with van der Waals surface area (Å²) in [5.41, 5.74) is 4.59. The van der Waals surface area contributed by atoms with Gasteiger partial charge in [-0.25, -0.2) is 10.4 Å². The molecule has 0 aromatic heterocycles. The molecule has 2 aliphatic heterocycles. The Hall–Kier alpha value is -1.50. The number of aliphatic hydroxyl groups excluding tert-OH is 1. The van der Waals surface area contributed by atoms with E-state index < -0.39 is 6.10 Å². The van der Waals surface area contributed by atoms with E-state index in [1.165, 1.54) is 0 Å². The Morgan fingerprint density at radius 2 is 2.29 bits per heavy atom. The smallest absolute Gasteiger partial charge is 0.144 e. The van der Waals surface area contributed by atoms with E-state index in [2.05, 4.69) is 35.4 Å². The molecule has 0 radical (unpaired) electrons.